The van der Waals surface area contributed by atoms with Crippen molar-refractivity contribution < 1.29 is 14.3 Å². The zero-order valence-corrected chi connectivity index (χ0v) is 17.2. The molecule has 158 valence electrons. The van der Waals surface area contributed by atoms with E-state index in [0.29, 0.717) is 34.9 Å². The number of amides is 2. The fourth-order valence-electron chi connectivity index (χ4n) is 3.02. The molecule has 3 aromatic carbocycles. The zero-order chi connectivity index (χ0) is 22.2. The van der Waals surface area contributed by atoms with Crippen LogP contribution in [0.2, 0.25) is 0 Å². The van der Waals surface area contributed by atoms with Crippen LogP contribution in [0.5, 0.6) is 5.75 Å². The van der Waals surface area contributed by atoms with E-state index in [2.05, 4.69) is 15.6 Å². The molecule has 1 aromatic heterocycles. The van der Waals surface area contributed by atoms with Gasteiger partial charge in [-0.15, -0.1) is 0 Å². The van der Waals surface area contributed by atoms with Crippen molar-refractivity contribution in [3.63, 3.8) is 0 Å². The molecule has 0 aliphatic carbocycles. The number of anilines is 2. The van der Waals surface area contributed by atoms with Crippen LogP contribution in [-0.2, 0) is 6.61 Å². The molecule has 0 aliphatic rings. The third-order valence-electron chi connectivity index (χ3n) is 4.67. The number of nitrogens with zero attached hydrogens (tertiary/aromatic N) is 1. The Bertz CT molecular complexity index is 1190. The lowest BCUT2D eigenvalue weighted by Gasteiger charge is -2.10. The first-order valence-corrected chi connectivity index (χ1v) is 10.1. The first-order chi connectivity index (χ1) is 15.7. The molecule has 1 heterocycles. The minimum Gasteiger partial charge on any atom is -0.489 e. The van der Waals surface area contributed by atoms with Crippen LogP contribution in [0.4, 0.5) is 11.4 Å². The van der Waals surface area contributed by atoms with Crippen LogP contribution in [0.25, 0.3) is 0 Å². The topological polar surface area (TPSA) is 80.3 Å². The highest BCUT2D eigenvalue weighted by molar-refractivity contribution is 6.07. The Morgan fingerprint density at radius 3 is 2.19 bits per heavy atom. The second kappa shape index (κ2) is 10.0. The number of pyridine rings is 1. The number of nitrogens with one attached hydrogen (secondary N) is 2. The maximum Gasteiger partial charge on any atom is 0.257 e. The summed E-state index contributed by atoms with van der Waals surface area (Å²) in [4.78, 5) is 28.9. The Kier molecular flexibility index (Phi) is 6.53. The van der Waals surface area contributed by atoms with Crippen LogP contribution >= 0.6 is 0 Å². The molecular formula is C26H21N3O3. The van der Waals surface area contributed by atoms with Gasteiger partial charge in [0.1, 0.15) is 12.4 Å². The second-order valence-electron chi connectivity index (χ2n) is 7.03. The van der Waals surface area contributed by atoms with Gasteiger partial charge in [-0.1, -0.05) is 36.4 Å². The summed E-state index contributed by atoms with van der Waals surface area (Å²) in [5.41, 5.74) is 3.12. The number of rotatable bonds is 7. The molecule has 0 radical (unpaired) electrons. The zero-order valence-electron chi connectivity index (χ0n) is 17.2. The smallest absolute Gasteiger partial charge is 0.257 e. The van der Waals surface area contributed by atoms with Gasteiger partial charge >= 0.3 is 0 Å². The van der Waals surface area contributed by atoms with Crippen LogP contribution in [0.3, 0.4) is 0 Å². The normalized spacial score (nSPS) is 10.2. The molecule has 32 heavy (non-hydrogen) atoms. The quantitative estimate of drug-likeness (QED) is 0.430. The van der Waals surface area contributed by atoms with Crippen LogP contribution in [-0.4, -0.2) is 16.8 Å². The molecule has 0 fully saturated rings. The third kappa shape index (κ3) is 5.58. The van der Waals surface area contributed by atoms with E-state index >= 15 is 0 Å². The highest BCUT2D eigenvalue weighted by Gasteiger charge is 2.10. The van der Waals surface area contributed by atoms with Crippen molar-refractivity contribution in [1.29, 1.82) is 0 Å². The monoisotopic (exact) mass is 423 g/mol. The molecule has 4 rings (SSSR count). The Morgan fingerprint density at radius 2 is 1.44 bits per heavy atom. The van der Waals surface area contributed by atoms with E-state index in [1.807, 2.05) is 42.5 Å². The fourth-order valence-corrected chi connectivity index (χ4v) is 3.02. The lowest BCUT2D eigenvalue weighted by Crippen LogP contribution is -2.14. The van der Waals surface area contributed by atoms with Gasteiger partial charge in [0.2, 0.25) is 0 Å². The molecule has 6 nitrogen and oxygen atoms in total. The predicted molar refractivity (Wildman–Crippen MR) is 124 cm³/mol. The van der Waals surface area contributed by atoms with Gasteiger partial charge in [-0.25, -0.2) is 0 Å². The second-order valence-corrected chi connectivity index (χ2v) is 7.03. The van der Waals surface area contributed by atoms with Gasteiger partial charge in [0.05, 0.1) is 5.56 Å². The minimum absolute atomic E-state index is 0.277. The highest BCUT2D eigenvalue weighted by atomic mass is 16.5. The van der Waals surface area contributed by atoms with Gasteiger partial charge < -0.3 is 15.4 Å². The number of hydrogen-bond acceptors (Lipinski definition) is 4. The number of aromatic nitrogens is 1. The summed E-state index contributed by atoms with van der Waals surface area (Å²) in [5, 5.41) is 5.63. The summed E-state index contributed by atoms with van der Waals surface area (Å²) in [5.74, 6) is 0.147. The lowest BCUT2D eigenvalue weighted by molar-refractivity contribution is 0.101. The third-order valence-corrected chi connectivity index (χ3v) is 4.67. The standard InChI is InChI=1S/C26H21N3O3/c30-25(20-8-4-10-23(16-20)29-26(31)21-9-5-15-27-17-21)28-22-11-13-24(14-12-22)32-18-19-6-2-1-3-7-19/h1-17H,18H2,(H,28,30)(H,29,31). The average Bonchev–Trinajstić information content (AvgIpc) is 2.85. The molecule has 4 aromatic rings. The molecule has 0 saturated carbocycles. The van der Waals surface area contributed by atoms with Gasteiger partial charge in [-0.05, 0) is 60.2 Å². The molecule has 2 N–H and O–H groups in total. The summed E-state index contributed by atoms with van der Waals surface area (Å²) in [7, 11) is 0. The van der Waals surface area contributed by atoms with Crippen LogP contribution in [0.1, 0.15) is 26.3 Å². The molecular weight excluding hydrogens is 402 g/mol. The van der Waals surface area contributed by atoms with Crippen molar-refractivity contribution in [2.24, 2.45) is 0 Å². The largest absolute Gasteiger partial charge is 0.489 e. The summed E-state index contributed by atoms with van der Waals surface area (Å²) < 4.78 is 5.77. The van der Waals surface area contributed by atoms with E-state index in [1.54, 1.807) is 54.7 Å². The van der Waals surface area contributed by atoms with Crippen molar-refractivity contribution in [1.82, 2.24) is 4.98 Å². The van der Waals surface area contributed by atoms with Gasteiger partial charge in [0.15, 0.2) is 0 Å². The van der Waals surface area contributed by atoms with Gasteiger partial charge in [0.25, 0.3) is 11.8 Å². The van der Waals surface area contributed by atoms with Gasteiger partial charge in [0, 0.05) is 29.3 Å². The van der Waals surface area contributed by atoms with Crippen LogP contribution in [0, 0.1) is 0 Å². The van der Waals surface area contributed by atoms with E-state index in [0.717, 1.165) is 5.56 Å². The minimum atomic E-state index is -0.290. The molecule has 2 amide bonds. The van der Waals surface area contributed by atoms with E-state index in [4.69, 9.17) is 4.74 Å². The molecule has 0 spiro atoms. The number of benzene rings is 3. The van der Waals surface area contributed by atoms with Crippen molar-refractivity contribution in [2.75, 3.05) is 10.6 Å². The lowest BCUT2D eigenvalue weighted by atomic mass is 10.1. The molecule has 0 bridgehead atoms. The highest BCUT2D eigenvalue weighted by Crippen LogP contribution is 2.19. The van der Waals surface area contributed by atoms with E-state index < -0.39 is 0 Å². The average molecular weight is 423 g/mol. The van der Waals surface area contributed by atoms with Gasteiger partial charge in [-0.2, -0.15) is 0 Å². The summed E-state index contributed by atoms with van der Waals surface area (Å²) in [6.45, 7) is 0.476. The number of hydrogen-bond donors (Lipinski definition) is 2. The number of carbonyl (C=O) groups excluding carboxylic acids is 2. The summed E-state index contributed by atoms with van der Waals surface area (Å²) >= 11 is 0. The van der Waals surface area contributed by atoms with Crippen molar-refractivity contribution in [3.8, 4) is 5.75 Å². The Labute approximate surface area is 185 Å². The predicted octanol–water partition coefficient (Wildman–Crippen LogP) is 5.17. The first kappa shape index (κ1) is 20.8. The van der Waals surface area contributed by atoms with E-state index in [9.17, 15) is 9.59 Å². The van der Waals surface area contributed by atoms with E-state index in [1.165, 1.54) is 6.20 Å². The Hall–Kier alpha value is -4.45. The maximum absolute atomic E-state index is 12.7. The molecule has 0 unspecified atom stereocenters. The van der Waals surface area contributed by atoms with Crippen molar-refractivity contribution in [3.05, 3.63) is 120 Å². The summed E-state index contributed by atoms with van der Waals surface area (Å²) in [6.07, 6.45) is 3.09. The van der Waals surface area contributed by atoms with Crippen LogP contribution in [0.15, 0.2) is 103 Å². The fraction of sp³-hybridized carbons (Fsp3) is 0.0385. The van der Waals surface area contributed by atoms with Crippen molar-refractivity contribution >= 4 is 23.2 Å². The molecule has 0 saturated heterocycles. The van der Waals surface area contributed by atoms with Crippen molar-refractivity contribution in [2.45, 2.75) is 6.61 Å². The molecule has 0 aliphatic heterocycles. The number of carbonyl (C=O) groups is 2. The molecule has 0 atom stereocenters. The van der Waals surface area contributed by atoms with E-state index in [-0.39, 0.29) is 11.8 Å². The SMILES string of the molecule is O=C(Nc1cccc(C(=O)Nc2ccc(OCc3ccccc3)cc2)c1)c1cccnc1. The Morgan fingerprint density at radius 1 is 0.719 bits per heavy atom. The first-order valence-electron chi connectivity index (χ1n) is 10.1. The number of ether oxygens (including phenoxy) is 1. The Balaban J connectivity index is 1.35. The molecule has 6 heteroatoms. The van der Waals surface area contributed by atoms with Crippen LogP contribution < -0.4 is 15.4 Å². The summed E-state index contributed by atoms with van der Waals surface area (Å²) in [6, 6.07) is 27.2. The maximum atomic E-state index is 12.7. The van der Waals surface area contributed by atoms with Gasteiger partial charge in [-0.3, -0.25) is 14.6 Å².